The molecular formula is C16H31N. The zero-order chi connectivity index (χ0) is 12.3. The van der Waals surface area contributed by atoms with Crippen LogP contribution in [-0.2, 0) is 0 Å². The minimum absolute atomic E-state index is 0.823. The van der Waals surface area contributed by atoms with E-state index in [0.29, 0.717) is 0 Å². The molecule has 1 N–H and O–H groups in total. The van der Waals surface area contributed by atoms with Gasteiger partial charge in [-0.3, -0.25) is 0 Å². The molecule has 0 aromatic heterocycles. The van der Waals surface area contributed by atoms with Gasteiger partial charge in [0.15, 0.2) is 0 Å². The van der Waals surface area contributed by atoms with Crippen molar-refractivity contribution in [3.63, 3.8) is 0 Å². The van der Waals surface area contributed by atoms with Crippen molar-refractivity contribution < 1.29 is 0 Å². The van der Waals surface area contributed by atoms with E-state index in [1.807, 2.05) is 0 Å². The Labute approximate surface area is 108 Å². The fourth-order valence-corrected chi connectivity index (χ4v) is 3.86. The smallest absolute Gasteiger partial charge is 0.00952 e. The molecule has 17 heavy (non-hydrogen) atoms. The molecule has 2 fully saturated rings. The van der Waals surface area contributed by atoms with Crippen molar-refractivity contribution in [2.24, 2.45) is 17.8 Å². The zero-order valence-electron chi connectivity index (χ0n) is 12.0. The summed E-state index contributed by atoms with van der Waals surface area (Å²) in [6, 6.07) is 1.65. The standard InChI is InChI=1S/C16H31N/c1-12(2)14-7-5-8-15(11-10-14)17-16-9-4-6-13(16)3/h12-17H,4-11H2,1-3H3. The molecule has 0 amide bonds. The zero-order valence-corrected chi connectivity index (χ0v) is 12.0. The first-order valence-corrected chi connectivity index (χ1v) is 7.93. The summed E-state index contributed by atoms with van der Waals surface area (Å²) in [4.78, 5) is 0. The third kappa shape index (κ3) is 3.71. The predicted octanol–water partition coefficient (Wildman–Crippen LogP) is 4.37. The van der Waals surface area contributed by atoms with Gasteiger partial charge < -0.3 is 5.32 Å². The Morgan fingerprint density at radius 1 is 0.882 bits per heavy atom. The molecule has 4 unspecified atom stereocenters. The maximum Gasteiger partial charge on any atom is 0.00952 e. The van der Waals surface area contributed by atoms with Gasteiger partial charge in [0.2, 0.25) is 0 Å². The van der Waals surface area contributed by atoms with Crippen LogP contribution in [0.2, 0.25) is 0 Å². The maximum absolute atomic E-state index is 3.97. The van der Waals surface area contributed by atoms with Crippen molar-refractivity contribution in [2.75, 3.05) is 0 Å². The SMILES string of the molecule is CC(C)C1CCCC(NC2CCCC2C)CC1. The second kappa shape index (κ2) is 6.22. The van der Waals surface area contributed by atoms with Crippen molar-refractivity contribution in [3.05, 3.63) is 0 Å². The van der Waals surface area contributed by atoms with Crippen LogP contribution in [0.4, 0.5) is 0 Å². The highest BCUT2D eigenvalue weighted by Gasteiger charge is 2.27. The Balaban J connectivity index is 1.78. The lowest BCUT2D eigenvalue weighted by Crippen LogP contribution is -2.39. The summed E-state index contributed by atoms with van der Waals surface area (Å²) >= 11 is 0. The van der Waals surface area contributed by atoms with Crippen LogP contribution >= 0.6 is 0 Å². The summed E-state index contributed by atoms with van der Waals surface area (Å²) in [5, 5.41) is 3.97. The molecule has 2 saturated carbocycles. The molecule has 0 radical (unpaired) electrons. The summed E-state index contributed by atoms with van der Waals surface area (Å²) in [6.45, 7) is 7.23. The molecule has 4 atom stereocenters. The quantitative estimate of drug-likeness (QED) is 0.719. The van der Waals surface area contributed by atoms with E-state index in [1.165, 1.54) is 51.4 Å². The second-order valence-corrected chi connectivity index (χ2v) is 6.89. The van der Waals surface area contributed by atoms with Crippen molar-refractivity contribution in [1.82, 2.24) is 5.32 Å². The highest BCUT2D eigenvalue weighted by atomic mass is 15.0. The monoisotopic (exact) mass is 237 g/mol. The Morgan fingerprint density at radius 3 is 2.29 bits per heavy atom. The van der Waals surface area contributed by atoms with Crippen LogP contribution in [0.5, 0.6) is 0 Å². The van der Waals surface area contributed by atoms with Gasteiger partial charge in [-0.25, -0.2) is 0 Å². The molecule has 2 aliphatic carbocycles. The van der Waals surface area contributed by atoms with Crippen LogP contribution in [0.25, 0.3) is 0 Å². The summed E-state index contributed by atoms with van der Waals surface area (Å²) in [5.74, 6) is 2.79. The van der Waals surface area contributed by atoms with Gasteiger partial charge in [-0.05, 0) is 49.9 Å². The maximum atomic E-state index is 3.97. The van der Waals surface area contributed by atoms with Crippen LogP contribution < -0.4 is 5.32 Å². The van der Waals surface area contributed by atoms with Crippen LogP contribution in [-0.4, -0.2) is 12.1 Å². The van der Waals surface area contributed by atoms with Crippen molar-refractivity contribution in [1.29, 1.82) is 0 Å². The van der Waals surface area contributed by atoms with Gasteiger partial charge >= 0.3 is 0 Å². The van der Waals surface area contributed by atoms with E-state index in [-0.39, 0.29) is 0 Å². The highest BCUT2D eigenvalue weighted by molar-refractivity contribution is 4.85. The first-order valence-electron chi connectivity index (χ1n) is 7.93. The number of hydrogen-bond acceptors (Lipinski definition) is 1. The molecule has 0 aliphatic heterocycles. The first kappa shape index (κ1) is 13.4. The summed E-state index contributed by atoms with van der Waals surface area (Å²) in [7, 11) is 0. The summed E-state index contributed by atoms with van der Waals surface area (Å²) < 4.78 is 0. The average molecular weight is 237 g/mol. The Kier molecular flexibility index (Phi) is 4.90. The van der Waals surface area contributed by atoms with Crippen molar-refractivity contribution >= 4 is 0 Å². The minimum Gasteiger partial charge on any atom is -0.311 e. The fourth-order valence-electron chi connectivity index (χ4n) is 3.86. The van der Waals surface area contributed by atoms with Gasteiger partial charge in [-0.15, -0.1) is 0 Å². The number of hydrogen-bond donors (Lipinski definition) is 1. The van der Waals surface area contributed by atoms with Crippen molar-refractivity contribution in [3.8, 4) is 0 Å². The van der Waals surface area contributed by atoms with Gasteiger partial charge in [-0.1, -0.05) is 40.0 Å². The summed E-state index contributed by atoms with van der Waals surface area (Å²) in [6.07, 6.45) is 11.5. The molecule has 0 spiro atoms. The van der Waals surface area contributed by atoms with E-state index in [1.54, 1.807) is 0 Å². The Bertz CT molecular complexity index is 224. The van der Waals surface area contributed by atoms with Gasteiger partial charge in [0, 0.05) is 12.1 Å². The lowest BCUT2D eigenvalue weighted by atomic mass is 9.89. The third-order valence-corrected chi connectivity index (χ3v) is 5.27. The van der Waals surface area contributed by atoms with E-state index in [2.05, 4.69) is 26.1 Å². The number of rotatable bonds is 3. The van der Waals surface area contributed by atoms with Crippen LogP contribution in [0.15, 0.2) is 0 Å². The van der Waals surface area contributed by atoms with Gasteiger partial charge in [0.1, 0.15) is 0 Å². The van der Waals surface area contributed by atoms with Gasteiger partial charge in [0.05, 0.1) is 0 Å². The molecule has 2 aliphatic rings. The molecule has 1 nitrogen and oxygen atoms in total. The lowest BCUT2D eigenvalue weighted by Gasteiger charge is -2.25. The van der Waals surface area contributed by atoms with E-state index in [4.69, 9.17) is 0 Å². The van der Waals surface area contributed by atoms with Gasteiger partial charge in [-0.2, -0.15) is 0 Å². The third-order valence-electron chi connectivity index (χ3n) is 5.27. The van der Waals surface area contributed by atoms with Crippen molar-refractivity contribution in [2.45, 2.75) is 84.2 Å². The second-order valence-electron chi connectivity index (χ2n) is 6.89. The van der Waals surface area contributed by atoms with Crippen LogP contribution in [0, 0.1) is 17.8 Å². The van der Waals surface area contributed by atoms with Crippen LogP contribution in [0.3, 0.4) is 0 Å². The van der Waals surface area contributed by atoms with Crippen LogP contribution in [0.1, 0.15) is 72.1 Å². The summed E-state index contributed by atoms with van der Waals surface area (Å²) in [5.41, 5.74) is 0. The predicted molar refractivity (Wildman–Crippen MR) is 75.1 cm³/mol. The Hall–Kier alpha value is -0.0400. The molecular weight excluding hydrogens is 206 g/mol. The molecule has 0 aromatic rings. The Morgan fingerprint density at radius 2 is 1.65 bits per heavy atom. The molecule has 0 bridgehead atoms. The first-order chi connectivity index (χ1) is 8.16. The van der Waals surface area contributed by atoms with E-state index >= 15 is 0 Å². The average Bonchev–Trinajstić information content (AvgIpc) is 2.55. The fraction of sp³-hybridized carbons (Fsp3) is 1.00. The molecule has 0 aromatic carbocycles. The number of nitrogens with one attached hydrogen (secondary N) is 1. The van der Waals surface area contributed by atoms with E-state index in [9.17, 15) is 0 Å². The molecule has 0 saturated heterocycles. The largest absolute Gasteiger partial charge is 0.311 e. The van der Waals surface area contributed by atoms with Gasteiger partial charge in [0.25, 0.3) is 0 Å². The molecule has 1 heteroatoms. The van der Waals surface area contributed by atoms with E-state index in [0.717, 1.165) is 29.8 Å². The molecule has 2 rings (SSSR count). The topological polar surface area (TPSA) is 12.0 Å². The lowest BCUT2D eigenvalue weighted by molar-refractivity contribution is 0.323. The minimum atomic E-state index is 0.823. The molecule has 100 valence electrons. The van der Waals surface area contributed by atoms with E-state index < -0.39 is 0 Å². The highest BCUT2D eigenvalue weighted by Crippen LogP contribution is 2.31. The normalized spacial score (nSPS) is 39.5. The molecule has 0 heterocycles.